The number of anilines is 1. The molecule has 35 heavy (non-hydrogen) atoms. The van der Waals surface area contributed by atoms with Gasteiger partial charge in [-0.05, 0) is 85.3 Å². The number of nitrogens with two attached hydrogens (primary N) is 1. The minimum absolute atomic E-state index is 0.0655. The lowest BCUT2D eigenvalue weighted by Crippen LogP contribution is -2.34. The van der Waals surface area contributed by atoms with E-state index in [1.165, 1.54) is 12.5 Å². The summed E-state index contributed by atoms with van der Waals surface area (Å²) in [6.07, 6.45) is 11.0. The maximum atomic E-state index is 14.9. The quantitative estimate of drug-likeness (QED) is 0.483. The lowest BCUT2D eigenvalue weighted by molar-refractivity contribution is 0.0994. The van der Waals surface area contributed by atoms with Crippen molar-refractivity contribution in [1.82, 2.24) is 9.97 Å². The molecule has 6 heteroatoms. The molecule has 3 heterocycles. The lowest BCUT2D eigenvalue weighted by atomic mass is 9.75. The van der Waals surface area contributed by atoms with Crippen LogP contribution in [-0.4, -0.2) is 34.9 Å². The van der Waals surface area contributed by atoms with Gasteiger partial charge >= 0.3 is 0 Å². The van der Waals surface area contributed by atoms with Crippen LogP contribution in [0.25, 0.3) is 10.9 Å². The summed E-state index contributed by atoms with van der Waals surface area (Å²) in [7, 11) is 0. The van der Waals surface area contributed by atoms with E-state index >= 15 is 0 Å². The van der Waals surface area contributed by atoms with Crippen LogP contribution < -0.4 is 10.6 Å². The van der Waals surface area contributed by atoms with Gasteiger partial charge in [0.25, 0.3) is 0 Å². The number of pyridine rings is 2. The van der Waals surface area contributed by atoms with E-state index in [-0.39, 0.29) is 24.1 Å². The third-order valence-corrected chi connectivity index (χ3v) is 7.82. The van der Waals surface area contributed by atoms with Gasteiger partial charge in [0.05, 0.1) is 17.4 Å². The monoisotopic (exact) mass is 474 g/mol. The van der Waals surface area contributed by atoms with Gasteiger partial charge in [-0.2, -0.15) is 0 Å². The van der Waals surface area contributed by atoms with Gasteiger partial charge in [0, 0.05) is 48.9 Å². The number of aromatic nitrogens is 2. The van der Waals surface area contributed by atoms with E-state index in [1.54, 1.807) is 24.7 Å². The van der Waals surface area contributed by atoms with Crippen molar-refractivity contribution in [1.29, 1.82) is 0 Å². The predicted molar refractivity (Wildman–Crippen MR) is 138 cm³/mol. The molecule has 2 aliphatic rings. The average molecular weight is 475 g/mol. The van der Waals surface area contributed by atoms with Crippen LogP contribution >= 0.6 is 0 Å². The van der Waals surface area contributed by atoms with Crippen molar-refractivity contribution in [2.24, 2.45) is 17.6 Å². The second-order valence-electron chi connectivity index (χ2n) is 10.8. The van der Waals surface area contributed by atoms with Gasteiger partial charge in [-0.15, -0.1) is 0 Å². The topological polar surface area (TPSA) is 72.1 Å². The van der Waals surface area contributed by atoms with E-state index < -0.39 is 0 Å². The zero-order valence-corrected chi connectivity index (χ0v) is 20.7. The van der Waals surface area contributed by atoms with Crippen molar-refractivity contribution in [3.05, 3.63) is 65.4 Å². The van der Waals surface area contributed by atoms with Gasteiger partial charge in [-0.3, -0.25) is 14.8 Å². The lowest BCUT2D eigenvalue weighted by Gasteiger charge is -2.32. The van der Waals surface area contributed by atoms with Gasteiger partial charge in [0.1, 0.15) is 5.82 Å². The third-order valence-electron chi connectivity index (χ3n) is 7.82. The summed E-state index contributed by atoms with van der Waals surface area (Å²) in [5, 5.41) is 0.407. The Balaban J connectivity index is 1.43. The van der Waals surface area contributed by atoms with E-state index in [0.717, 1.165) is 55.6 Å². The van der Waals surface area contributed by atoms with Gasteiger partial charge in [-0.25, -0.2) is 4.39 Å². The Morgan fingerprint density at radius 3 is 2.80 bits per heavy atom. The van der Waals surface area contributed by atoms with Crippen LogP contribution in [-0.2, 0) is 6.42 Å². The Morgan fingerprint density at radius 1 is 1.14 bits per heavy atom. The largest absolute Gasteiger partial charge is 0.370 e. The number of carbonyl (C=O) groups is 1. The second kappa shape index (κ2) is 10.0. The van der Waals surface area contributed by atoms with Crippen molar-refractivity contribution in [2.75, 3.05) is 18.0 Å². The first-order valence-electron chi connectivity index (χ1n) is 12.9. The number of fused-ring (bicyclic) bond motifs is 1. The highest BCUT2D eigenvalue weighted by atomic mass is 19.1. The van der Waals surface area contributed by atoms with Crippen molar-refractivity contribution in [3.63, 3.8) is 0 Å². The fraction of sp³-hybridized carbons (Fsp3) is 0.483. The first kappa shape index (κ1) is 23.9. The van der Waals surface area contributed by atoms with Crippen LogP contribution in [0.3, 0.4) is 0 Å². The highest BCUT2D eigenvalue weighted by Gasteiger charge is 2.28. The summed E-state index contributed by atoms with van der Waals surface area (Å²) in [6.45, 7) is 6.38. The van der Waals surface area contributed by atoms with Crippen LogP contribution in [0, 0.1) is 17.7 Å². The van der Waals surface area contributed by atoms with Crippen molar-refractivity contribution in [3.8, 4) is 0 Å². The molecular formula is C29H35FN4O. The number of ketones is 1. The molecule has 1 saturated heterocycles. The van der Waals surface area contributed by atoms with Gasteiger partial charge in [-0.1, -0.05) is 13.8 Å². The summed E-state index contributed by atoms with van der Waals surface area (Å²) in [5.74, 6) is 1.08. The zero-order chi connectivity index (χ0) is 24.5. The fourth-order valence-electron chi connectivity index (χ4n) is 6.16. The highest BCUT2D eigenvalue weighted by Crippen LogP contribution is 2.37. The molecule has 1 aliphatic carbocycles. The normalized spacial score (nSPS) is 25.1. The molecule has 5 nitrogen and oxygen atoms in total. The summed E-state index contributed by atoms with van der Waals surface area (Å²) >= 11 is 0. The number of hydrogen-bond acceptors (Lipinski definition) is 5. The van der Waals surface area contributed by atoms with E-state index in [0.29, 0.717) is 34.2 Å². The van der Waals surface area contributed by atoms with Crippen molar-refractivity contribution < 1.29 is 9.18 Å². The summed E-state index contributed by atoms with van der Waals surface area (Å²) in [4.78, 5) is 24.7. The van der Waals surface area contributed by atoms with Crippen LogP contribution in [0.5, 0.6) is 0 Å². The molecule has 0 spiro atoms. The Hall–Kier alpha value is -2.86. The molecule has 2 fully saturated rings. The number of rotatable bonds is 5. The molecule has 3 aromatic rings. The van der Waals surface area contributed by atoms with Crippen molar-refractivity contribution in [2.45, 2.75) is 64.3 Å². The predicted octanol–water partition coefficient (Wildman–Crippen LogP) is 5.66. The number of halogens is 1. The Morgan fingerprint density at radius 2 is 2.00 bits per heavy atom. The maximum Gasteiger partial charge on any atom is 0.169 e. The maximum absolute atomic E-state index is 14.9. The number of hydrogen-bond donors (Lipinski definition) is 1. The van der Waals surface area contributed by atoms with E-state index in [4.69, 9.17) is 5.73 Å². The zero-order valence-electron chi connectivity index (χ0n) is 20.7. The minimum atomic E-state index is -0.344. The average Bonchev–Trinajstić information content (AvgIpc) is 2.84. The van der Waals surface area contributed by atoms with E-state index in [2.05, 4.69) is 28.7 Å². The fourth-order valence-corrected chi connectivity index (χ4v) is 6.16. The molecule has 1 aromatic carbocycles. The second-order valence-corrected chi connectivity index (χ2v) is 10.8. The SMILES string of the molecule is C[C@@H]1C[C@H](N)C[C@H](c2ccncc2CC(=O)c2ccc(F)c3cc(N4CCC[C@@H](C)C4)cnc23)C1. The van der Waals surface area contributed by atoms with Crippen molar-refractivity contribution >= 4 is 22.4 Å². The summed E-state index contributed by atoms with van der Waals surface area (Å²) in [6, 6.07) is 7.04. The summed E-state index contributed by atoms with van der Waals surface area (Å²) < 4.78 is 14.9. The van der Waals surface area contributed by atoms with Crippen LogP contribution in [0.1, 0.15) is 73.4 Å². The number of nitrogens with zero attached hydrogens (tertiary/aromatic N) is 3. The van der Waals surface area contributed by atoms with Gasteiger partial charge in [0.15, 0.2) is 5.78 Å². The Labute approximate surface area is 206 Å². The smallest absolute Gasteiger partial charge is 0.169 e. The molecule has 0 unspecified atom stereocenters. The minimum Gasteiger partial charge on any atom is -0.370 e. The highest BCUT2D eigenvalue weighted by molar-refractivity contribution is 6.08. The van der Waals surface area contributed by atoms with Gasteiger partial charge < -0.3 is 10.6 Å². The standard InChI is InChI=1S/C29H35FN4O/c1-18-4-3-9-34(17-18)23-14-26-27(30)6-5-25(29(26)33-16-23)28(35)13-21-15-32-8-7-24(21)20-10-19(2)11-22(31)12-20/h5-8,14-16,18-20,22H,3-4,9-13,17,31H2,1-2H3/t18-,19+,20-,22+/m1/s1. The third kappa shape index (κ3) is 5.08. The van der Waals surface area contributed by atoms with E-state index in [9.17, 15) is 9.18 Å². The number of carbonyl (C=O) groups excluding carboxylic acids is 1. The van der Waals surface area contributed by atoms with Crippen LogP contribution in [0.4, 0.5) is 10.1 Å². The first-order valence-corrected chi connectivity index (χ1v) is 12.9. The van der Waals surface area contributed by atoms with E-state index in [1.807, 2.05) is 12.1 Å². The molecule has 0 radical (unpaired) electrons. The number of benzene rings is 1. The Bertz CT molecular complexity index is 1220. The van der Waals surface area contributed by atoms with Crippen LogP contribution in [0.15, 0.2) is 42.9 Å². The molecule has 5 rings (SSSR count). The number of piperidine rings is 1. The van der Waals surface area contributed by atoms with Gasteiger partial charge in [0.2, 0.25) is 0 Å². The number of Topliss-reactive ketones (excluding diaryl/α,β-unsaturated/α-hetero) is 1. The molecule has 1 aliphatic heterocycles. The Kier molecular flexibility index (Phi) is 6.83. The molecule has 0 bridgehead atoms. The summed E-state index contributed by atoms with van der Waals surface area (Å²) in [5.41, 5.74) is 10.2. The molecule has 2 aromatic heterocycles. The molecule has 184 valence electrons. The molecule has 4 atom stereocenters. The molecule has 1 saturated carbocycles. The molecular weight excluding hydrogens is 439 g/mol. The molecule has 0 amide bonds. The molecule has 2 N–H and O–H groups in total. The first-order chi connectivity index (χ1) is 16.9. The van der Waals surface area contributed by atoms with Crippen LogP contribution in [0.2, 0.25) is 0 Å².